The summed E-state index contributed by atoms with van der Waals surface area (Å²) in [5.41, 5.74) is 1.35. The Bertz CT molecular complexity index is 373. The maximum absolute atomic E-state index is 12.3. The highest BCUT2D eigenvalue weighted by Gasteiger charge is 2.36. The minimum absolute atomic E-state index is 0.00523. The van der Waals surface area contributed by atoms with Gasteiger partial charge in [-0.2, -0.15) is 0 Å². The van der Waals surface area contributed by atoms with Gasteiger partial charge in [-0.05, 0) is 25.2 Å². The van der Waals surface area contributed by atoms with Crippen LogP contribution in [0.15, 0.2) is 23.2 Å². The SMILES string of the molecule is COC1=C(C2CCCC2)C(=O)/C(=C\O)CC1C. The number of aliphatic hydroxyl groups is 1. The largest absolute Gasteiger partial charge is 0.515 e. The molecule has 17 heavy (non-hydrogen) atoms. The molecule has 0 aromatic rings. The molecule has 0 spiro atoms. The van der Waals surface area contributed by atoms with Crippen molar-refractivity contribution < 1.29 is 14.6 Å². The number of allylic oxidation sites excluding steroid dienone is 3. The molecule has 3 heteroatoms. The molecule has 1 atom stereocenters. The van der Waals surface area contributed by atoms with Gasteiger partial charge in [-0.25, -0.2) is 0 Å². The van der Waals surface area contributed by atoms with E-state index in [2.05, 4.69) is 0 Å². The predicted octanol–water partition coefficient (Wildman–Crippen LogP) is 3.13. The van der Waals surface area contributed by atoms with E-state index in [1.165, 1.54) is 12.8 Å². The molecule has 1 fully saturated rings. The molecule has 0 aromatic heterocycles. The molecule has 94 valence electrons. The molecular weight excluding hydrogens is 216 g/mol. The van der Waals surface area contributed by atoms with Crippen molar-refractivity contribution in [1.82, 2.24) is 0 Å². The quantitative estimate of drug-likeness (QED) is 0.592. The standard InChI is InChI=1S/C14H20O3/c1-9-7-11(8-15)13(16)12(14(9)17-2)10-5-3-4-6-10/h8-10,15H,3-7H2,1-2H3/b11-8-. The number of carbonyl (C=O) groups excluding carboxylic acids is 1. The maximum Gasteiger partial charge on any atom is 0.191 e. The molecule has 0 saturated heterocycles. The Kier molecular flexibility index (Phi) is 3.55. The number of aliphatic hydroxyl groups excluding tert-OH is 1. The van der Waals surface area contributed by atoms with Gasteiger partial charge < -0.3 is 9.84 Å². The third kappa shape index (κ3) is 2.11. The first-order valence-electron chi connectivity index (χ1n) is 6.35. The highest BCUT2D eigenvalue weighted by Crippen LogP contribution is 2.40. The summed E-state index contributed by atoms with van der Waals surface area (Å²) in [4.78, 5) is 12.3. The molecule has 0 aliphatic heterocycles. The van der Waals surface area contributed by atoms with E-state index in [0.29, 0.717) is 17.9 Å². The zero-order chi connectivity index (χ0) is 12.4. The van der Waals surface area contributed by atoms with Gasteiger partial charge in [-0.15, -0.1) is 0 Å². The predicted molar refractivity (Wildman–Crippen MR) is 65.5 cm³/mol. The van der Waals surface area contributed by atoms with Crippen LogP contribution >= 0.6 is 0 Å². The summed E-state index contributed by atoms with van der Waals surface area (Å²) >= 11 is 0. The van der Waals surface area contributed by atoms with Crippen LogP contribution in [0.2, 0.25) is 0 Å². The summed E-state index contributed by atoms with van der Waals surface area (Å²) < 4.78 is 5.44. The molecule has 0 radical (unpaired) electrons. The lowest BCUT2D eigenvalue weighted by Gasteiger charge is -2.28. The Morgan fingerprint density at radius 1 is 1.35 bits per heavy atom. The number of hydrogen-bond acceptors (Lipinski definition) is 3. The number of ketones is 1. The lowest BCUT2D eigenvalue weighted by Crippen LogP contribution is -2.25. The normalized spacial score (nSPS) is 29.2. The smallest absolute Gasteiger partial charge is 0.191 e. The first-order valence-corrected chi connectivity index (χ1v) is 6.35. The Morgan fingerprint density at radius 3 is 2.53 bits per heavy atom. The Labute approximate surface area is 102 Å². The highest BCUT2D eigenvalue weighted by molar-refractivity contribution is 6.09. The van der Waals surface area contributed by atoms with Crippen molar-refractivity contribution in [3.8, 4) is 0 Å². The van der Waals surface area contributed by atoms with Crippen molar-refractivity contribution in [3.63, 3.8) is 0 Å². The summed E-state index contributed by atoms with van der Waals surface area (Å²) in [6.07, 6.45) is 6.06. The summed E-state index contributed by atoms with van der Waals surface area (Å²) in [7, 11) is 1.64. The van der Waals surface area contributed by atoms with Crippen molar-refractivity contribution in [1.29, 1.82) is 0 Å². The molecule has 0 bridgehead atoms. The van der Waals surface area contributed by atoms with E-state index in [1.807, 2.05) is 6.92 Å². The van der Waals surface area contributed by atoms with Crippen molar-refractivity contribution in [2.75, 3.05) is 7.11 Å². The average Bonchev–Trinajstić information content (AvgIpc) is 2.84. The molecule has 0 aromatic carbocycles. The van der Waals surface area contributed by atoms with Crippen LogP contribution in [-0.4, -0.2) is 18.0 Å². The van der Waals surface area contributed by atoms with E-state index in [1.54, 1.807) is 7.11 Å². The van der Waals surface area contributed by atoms with Gasteiger partial charge in [-0.1, -0.05) is 19.8 Å². The minimum Gasteiger partial charge on any atom is -0.515 e. The second-order valence-electron chi connectivity index (χ2n) is 5.05. The van der Waals surface area contributed by atoms with E-state index in [0.717, 1.165) is 30.4 Å². The monoisotopic (exact) mass is 236 g/mol. The topological polar surface area (TPSA) is 46.5 Å². The number of rotatable bonds is 2. The van der Waals surface area contributed by atoms with Crippen LogP contribution in [-0.2, 0) is 9.53 Å². The fourth-order valence-electron chi connectivity index (χ4n) is 3.09. The molecule has 2 rings (SSSR count). The highest BCUT2D eigenvalue weighted by atomic mass is 16.5. The van der Waals surface area contributed by atoms with Crippen LogP contribution in [0.5, 0.6) is 0 Å². The molecule has 2 aliphatic carbocycles. The first-order chi connectivity index (χ1) is 8.19. The molecule has 1 saturated carbocycles. The molecular formula is C14H20O3. The van der Waals surface area contributed by atoms with E-state index < -0.39 is 0 Å². The summed E-state index contributed by atoms with van der Waals surface area (Å²) in [6.45, 7) is 2.05. The van der Waals surface area contributed by atoms with Gasteiger partial charge in [0, 0.05) is 17.1 Å². The Morgan fingerprint density at radius 2 is 2.00 bits per heavy atom. The molecule has 3 nitrogen and oxygen atoms in total. The van der Waals surface area contributed by atoms with Crippen LogP contribution in [0.25, 0.3) is 0 Å². The van der Waals surface area contributed by atoms with Crippen LogP contribution in [0, 0.1) is 11.8 Å². The van der Waals surface area contributed by atoms with Gasteiger partial charge in [0.15, 0.2) is 5.78 Å². The molecule has 2 aliphatic rings. The van der Waals surface area contributed by atoms with Crippen LogP contribution < -0.4 is 0 Å². The molecule has 0 amide bonds. The average molecular weight is 236 g/mol. The maximum atomic E-state index is 12.3. The summed E-state index contributed by atoms with van der Waals surface area (Å²) in [6, 6.07) is 0. The summed E-state index contributed by atoms with van der Waals surface area (Å²) in [5, 5.41) is 9.15. The third-order valence-electron chi connectivity index (χ3n) is 3.91. The lowest BCUT2D eigenvalue weighted by atomic mass is 9.79. The molecule has 0 heterocycles. The van der Waals surface area contributed by atoms with Crippen molar-refractivity contribution in [2.45, 2.75) is 39.0 Å². The summed E-state index contributed by atoms with van der Waals surface area (Å²) in [5.74, 6) is 1.35. The van der Waals surface area contributed by atoms with Gasteiger partial charge in [0.25, 0.3) is 0 Å². The molecule has 1 unspecified atom stereocenters. The number of ether oxygens (including phenoxy) is 1. The second-order valence-corrected chi connectivity index (χ2v) is 5.05. The third-order valence-corrected chi connectivity index (χ3v) is 3.91. The number of Topliss-reactive ketones (excluding diaryl/α,β-unsaturated/α-hetero) is 1. The zero-order valence-electron chi connectivity index (χ0n) is 10.5. The zero-order valence-corrected chi connectivity index (χ0v) is 10.5. The number of methoxy groups -OCH3 is 1. The van der Waals surface area contributed by atoms with Crippen LogP contribution in [0.1, 0.15) is 39.0 Å². The Balaban J connectivity index is 2.41. The van der Waals surface area contributed by atoms with Gasteiger partial charge >= 0.3 is 0 Å². The van der Waals surface area contributed by atoms with Gasteiger partial charge in [0.05, 0.1) is 13.4 Å². The fourth-order valence-corrected chi connectivity index (χ4v) is 3.09. The second kappa shape index (κ2) is 4.94. The number of carbonyl (C=O) groups is 1. The first kappa shape index (κ1) is 12.2. The van der Waals surface area contributed by atoms with E-state index in [9.17, 15) is 4.79 Å². The van der Waals surface area contributed by atoms with Crippen LogP contribution in [0.3, 0.4) is 0 Å². The van der Waals surface area contributed by atoms with E-state index in [-0.39, 0.29) is 11.7 Å². The van der Waals surface area contributed by atoms with Crippen molar-refractivity contribution >= 4 is 5.78 Å². The van der Waals surface area contributed by atoms with Gasteiger partial charge in [0.1, 0.15) is 5.76 Å². The van der Waals surface area contributed by atoms with Crippen molar-refractivity contribution in [2.24, 2.45) is 11.8 Å². The number of hydrogen-bond donors (Lipinski definition) is 1. The van der Waals surface area contributed by atoms with Crippen LogP contribution in [0.4, 0.5) is 0 Å². The van der Waals surface area contributed by atoms with Gasteiger partial charge in [-0.3, -0.25) is 4.79 Å². The minimum atomic E-state index is -0.00523. The van der Waals surface area contributed by atoms with Crippen molar-refractivity contribution in [3.05, 3.63) is 23.2 Å². The Hall–Kier alpha value is -1.25. The van der Waals surface area contributed by atoms with Gasteiger partial charge in [0.2, 0.25) is 0 Å². The lowest BCUT2D eigenvalue weighted by molar-refractivity contribution is -0.113. The van der Waals surface area contributed by atoms with E-state index in [4.69, 9.17) is 9.84 Å². The fraction of sp³-hybridized carbons (Fsp3) is 0.643. The van der Waals surface area contributed by atoms with E-state index >= 15 is 0 Å². The molecule has 1 N–H and O–H groups in total.